The van der Waals surface area contributed by atoms with E-state index in [1.807, 2.05) is 18.9 Å². The highest BCUT2D eigenvalue weighted by Crippen LogP contribution is 2.24. The summed E-state index contributed by atoms with van der Waals surface area (Å²) in [6.45, 7) is 3.04. The van der Waals surface area contributed by atoms with E-state index in [2.05, 4.69) is 25.1 Å². The van der Waals surface area contributed by atoms with E-state index in [1.165, 1.54) is 18.5 Å². The van der Waals surface area contributed by atoms with Crippen molar-refractivity contribution in [1.82, 2.24) is 25.0 Å². The van der Waals surface area contributed by atoms with Crippen LogP contribution in [0, 0.1) is 0 Å². The van der Waals surface area contributed by atoms with Crippen molar-refractivity contribution in [3.05, 3.63) is 42.0 Å². The zero-order chi connectivity index (χ0) is 20.7. The van der Waals surface area contributed by atoms with Gasteiger partial charge in [0, 0.05) is 20.6 Å². The fourth-order valence-corrected chi connectivity index (χ4v) is 2.39. The van der Waals surface area contributed by atoms with E-state index in [9.17, 15) is 18.3 Å². The molecule has 0 aliphatic heterocycles. The van der Waals surface area contributed by atoms with E-state index < -0.39 is 12.5 Å². The fourth-order valence-electron chi connectivity index (χ4n) is 2.39. The number of hydrogen-bond donors (Lipinski definition) is 2. The zero-order valence-corrected chi connectivity index (χ0v) is 15.8. The molecule has 0 aliphatic carbocycles. The van der Waals surface area contributed by atoms with E-state index in [1.54, 1.807) is 11.7 Å². The van der Waals surface area contributed by atoms with E-state index in [-0.39, 0.29) is 12.3 Å². The maximum absolute atomic E-state index is 12.2. The number of alkyl halides is 3. The number of aromatic nitrogens is 3. The first-order valence-electron chi connectivity index (χ1n) is 8.55. The molecule has 154 valence electrons. The van der Waals surface area contributed by atoms with Crippen LogP contribution in [0.1, 0.15) is 24.4 Å². The molecule has 0 amide bonds. The minimum absolute atomic E-state index is 0.0327. The number of hydrogen-bond acceptors (Lipinski definition) is 5. The molecule has 1 unspecified atom stereocenters. The average molecular weight is 400 g/mol. The maximum Gasteiger partial charge on any atom is 0.573 e. The molecule has 8 nitrogen and oxygen atoms in total. The van der Waals surface area contributed by atoms with Crippen LogP contribution in [0.15, 0.2) is 35.6 Å². The monoisotopic (exact) mass is 400 g/mol. The number of halogens is 3. The Morgan fingerprint density at radius 3 is 2.57 bits per heavy atom. The molecule has 0 aliphatic rings. The van der Waals surface area contributed by atoms with Crippen molar-refractivity contribution in [2.24, 2.45) is 12.0 Å². The SMILES string of the molecule is CCNC(=NCC(O)c1ccc(OC(F)(F)F)cc1)N(C)Cc1ncnn1C. The molecule has 0 saturated carbocycles. The van der Waals surface area contributed by atoms with Gasteiger partial charge in [0.1, 0.15) is 17.9 Å². The van der Waals surface area contributed by atoms with Crippen molar-refractivity contribution in [1.29, 1.82) is 0 Å². The highest BCUT2D eigenvalue weighted by atomic mass is 19.4. The van der Waals surface area contributed by atoms with Gasteiger partial charge >= 0.3 is 6.36 Å². The van der Waals surface area contributed by atoms with Gasteiger partial charge in [0.2, 0.25) is 0 Å². The number of aliphatic hydroxyl groups is 1. The summed E-state index contributed by atoms with van der Waals surface area (Å²) >= 11 is 0. The Labute approximate surface area is 160 Å². The van der Waals surface area contributed by atoms with Crippen molar-refractivity contribution < 1.29 is 23.0 Å². The van der Waals surface area contributed by atoms with Gasteiger partial charge in [0.25, 0.3) is 0 Å². The minimum atomic E-state index is -4.75. The van der Waals surface area contributed by atoms with Crippen molar-refractivity contribution >= 4 is 5.96 Å². The molecule has 1 aromatic heterocycles. The second-order valence-electron chi connectivity index (χ2n) is 5.98. The Hall–Kier alpha value is -2.82. The number of benzene rings is 1. The van der Waals surface area contributed by atoms with Gasteiger partial charge in [-0.15, -0.1) is 13.2 Å². The molecule has 2 rings (SSSR count). The van der Waals surface area contributed by atoms with Gasteiger partial charge in [-0.2, -0.15) is 5.10 Å². The van der Waals surface area contributed by atoms with Crippen molar-refractivity contribution in [3.63, 3.8) is 0 Å². The van der Waals surface area contributed by atoms with Crippen LogP contribution in [0.4, 0.5) is 13.2 Å². The van der Waals surface area contributed by atoms with E-state index in [4.69, 9.17) is 0 Å². The van der Waals surface area contributed by atoms with Gasteiger partial charge < -0.3 is 20.1 Å². The summed E-state index contributed by atoms with van der Waals surface area (Å²) in [5.74, 6) is 0.958. The maximum atomic E-state index is 12.2. The Morgan fingerprint density at radius 1 is 1.36 bits per heavy atom. The van der Waals surface area contributed by atoms with Gasteiger partial charge in [-0.25, -0.2) is 4.98 Å². The summed E-state index contributed by atoms with van der Waals surface area (Å²) in [6.07, 6.45) is -4.27. The summed E-state index contributed by atoms with van der Waals surface area (Å²) < 4.78 is 42.1. The second kappa shape index (κ2) is 9.40. The number of nitrogens with zero attached hydrogens (tertiary/aromatic N) is 5. The van der Waals surface area contributed by atoms with Crippen LogP contribution in [0.2, 0.25) is 0 Å². The van der Waals surface area contributed by atoms with Crippen LogP contribution >= 0.6 is 0 Å². The molecule has 1 atom stereocenters. The molecule has 0 saturated heterocycles. The van der Waals surface area contributed by atoms with E-state index in [0.29, 0.717) is 24.6 Å². The van der Waals surface area contributed by atoms with Crippen LogP contribution in [-0.4, -0.2) is 57.2 Å². The third kappa shape index (κ3) is 6.41. The summed E-state index contributed by atoms with van der Waals surface area (Å²) in [5.41, 5.74) is 0.435. The van der Waals surface area contributed by atoms with Crippen molar-refractivity contribution in [2.75, 3.05) is 20.1 Å². The van der Waals surface area contributed by atoms with Gasteiger partial charge in [0.05, 0.1) is 19.2 Å². The Balaban J connectivity index is 2.02. The molecule has 1 aromatic carbocycles. The topological polar surface area (TPSA) is 87.8 Å². The highest BCUT2D eigenvalue weighted by molar-refractivity contribution is 5.79. The number of aliphatic imine (C=N–C) groups is 1. The largest absolute Gasteiger partial charge is 0.573 e. The van der Waals surface area contributed by atoms with Crippen molar-refractivity contribution in [3.8, 4) is 5.75 Å². The van der Waals surface area contributed by atoms with Crippen LogP contribution in [0.3, 0.4) is 0 Å². The Kier molecular flexibility index (Phi) is 7.21. The van der Waals surface area contributed by atoms with Gasteiger partial charge in [-0.3, -0.25) is 9.67 Å². The second-order valence-corrected chi connectivity index (χ2v) is 5.98. The van der Waals surface area contributed by atoms with Crippen LogP contribution in [0.5, 0.6) is 5.75 Å². The first-order chi connectivity index (χ1) is 13.2. The van der Waals surface area contributed by atoms with Crippen LogP contribution in [0.25, 0.3) is 0 Å². The number of guanidine groups is 1. The molecule has 28 heavy (non-hydrogen) atoms. The molecule has 11 heteroatoms. The predicted molar refractivity (Wildman–Crippen MR) is 96.5 cm³/mol. The molecule has 0 radical (unpaired) electrons. The molecule has 0 bridgehead atoms. The normalized spacial score (nSPS) is 13.3. The fraction of sp³-hybridized carbons (Fsp3) is 0.471. The summed E-state index contributed by atoms with van der Waals surface area (Å²) in [4.78, 5) is 10.4. The average Bonchev–Trinajstić information content (AvgIpc) is 3.02. The quantitative estimate of drug-likeness (QED) is 0.545. The first kappa shape index (κ1) is 21.5. The van der Waals surface area contributed by atoms with Gasteiger partial charge in [-0.05, 0) is 24.6 Å². The van der Waals surface area contributed by atoms with Gasteiger partial charge in [0.15, 0.2) is 5.96 Å². The molecule has 2 aromatic rings. The van der Waals surface area contributed by atoms with Gasteiger partial charge in [-0.1, -0.05) is 12.1 Å². The number of aliphatic hydroxyl groups excluding tert-OH is 1. The standard InChI is InChI=1S/C17H23F3N6O2/c1-4-21-16(25(2)10-15-23-11-24-26(15)3)22-9-14(27)12-5-7-13(8-6-12)28-17(18,19)20/h5-8,11,14,27H,4,9-10H2,1-3H3,(H,21,22). The first-order valence-corrected chi connectivity index (χ1v) is 8.55. The molecule has 0 spiro atoms. The Bertz CT molecular complexity index is 776. The lowest BCUT2D eigenvalue weighted by molar-refractivity contribution is -0.274. The van der Waals surface area contributed by atoms with Crippen molar-refractivity contribution in [2.45, 2.75) is 25.9 Å². The minimum Gasteiger partial charge on any atom is -0.406 e. The lowest BCUT2D eigenvalue weighted by Gasteiger charge is -2.22. The molecular formula is C17H23F3N6O2. The highest BCUT2D eigenvalue weighted by Gasteiger charge is 2.31. The molecular weight excluding hydrogens is 377 g/mol. The predicted octanol–water partition coefficient (Wildman–Crippen LogP) is 1.84. The zero-order valence-electron chi connectivity index (χ0n) is 15.8. The van der Waals surface area contributed by atoms with E-state index >= 15 is 0 Å². The molecule has 1 heterocycles. The lowest BCUT2D eigenvalue weighted by Crippen LogP contribution is -2.39. The number of aryl methyl sites for hydroxylation is 1. The Morgan fingerprint density at radius 2 is 2.04 bits per heavy atom. The van der Waals surface area contributed by atoms with Crippen LogP contribution < -0.4 is 10.1 Å². The molecule has 2 N–H and O–H groups in total. The summed E-state index contributed by atoms with van der Waals surface area (Å²) in [5, 5.41) is 17.4. The number of rotatable bonds is 7. The lowest BCUT2D eigenvalue weighted by atomic mass is 10.1. The third-order valence-corrected chi connectivity index (χ3v) is 3.79. The van der Waals surface area contributed by atoms with E-state index in [0.717, 1.165) is 18.0 Å². The number of ether oxygens (including phenoxy) is 1. The number of nitrogens with one attached hydrogen (secondary N) is 1. The summed E-state index contributed by atoms with van der Waals surface area (Å²) in [7, 11) is 3.61. The third-order valence-electron chi connectivity index (χ3n) is 3.79. The van der Waals surface area contributed by atoms with Crippen LogP contribution in [-0.2, 0) is 13.6 Å². The molecule has 0 fully saturated rings. The smallest absolute Gasteiger partial charge is 0.406 e. The summed E-state index contributed by atoms with van der Waals surface area (Å²) in [6, 6.07) is 5.05.